The van der Waals surface area contributed by atoms with Crippen LogP contribution < -0.4 is 0 Å². The van der Waals surface area contributed by atoms with E-state index in [1.54, 1.807) is 0 Å². The van der Waals surface area contributed by atoms with E-state index in [1.807, 2.05) is 0 Å². The molecular formula is C30H24N2. The van der Waals surface area contributed by atoms with Crippen LogP contribution in [0.15, 0.2) is 84.9 Å². The highest BCUT2D eigenvalue weighted by molar-refractivity contribution is 6.14. The molecule has 0 unspecified atom stereocenters. The molecule has 0 saturated carbocycles. The summed E-state index contributed by atoms with van der Waals surface area (Å²) in [4.78, 5) is 10.2. The molecule has 1 aromatic heterocycles. The molecule has 1 aliphatic rings. The summed E-state index contributed by atoms with van der Waals surface area (Å²) in [6, 6.07) is 28.2. The average molecular weight is 413 g/mol. The van der Waals surface area contributed by atoms with Gasteiger partial charge in [-0.2, -0.15) is 0 Å². The Morgan fingerprint density at radius 2 is 1.59 bits per heavy atom. The Labute approximate surface area is 188 Å². The molecule has 1 aliphatic carbocycles. The standard InChI is InChI=1S/C30H24N2/c1-2-20-10-9-12-22(18-20)30-31-28-17-8-7-16-26(28)29(32-30)27-19-21-11-3-4-13-23(21)24-14-5-6-15-25(24)27/h3-7,9-16,18-19H,2,8,17H2,1H3. The molecule has 2 nitrogen and oxygen atoms in total. The molecule has 0 N–H and O–H groups in total. The van der Waals surface area contributed by atoms with E-state index in [0.29, 0.717) is 0 Å². The SMILES string of the molecule is CCc1cccc(-c2nc3c(c(-c4cc5ccccc5c5ccccc45)n2)C=CCC3)c1. The number of allylic oxidation sites excluding steroid dienone is 1. The summed E-state index contributed by atoms with van der Waals surface area (Å²) in [5, 5.41) is 5.02. The first-order valence-electron chi connectivity index (χ1n) is 11.4. The fourth-order valence-electron chi connectivity index (χ4n) is 4.82. The molecule has 4 aromatic carbocycles. The Morgan fingerprint density at radius 1 is 0.781 bits per heavy atom. The zero-order valence-corrected chi connectivity index (χ0v) is 18.2. The number of nitrogens with zero attached hydrogens (tertiary/aromatic N) is 2. The van der Waals surface area contributed by atoms with Crippen molar-refractivity contribution in [2.24, 2.45) is 0 Å². The van der Waals surface area contributed by atoms with Gasteiger partial charge in [-0.1, -0.05) is 85.8 Å². The predicted octanol–water partition coefficient (Wildman–Crippen LogP) is 7.64. The third kappa shape index (κ3) is 3.11. The lowest BCUT2D eigenvalue weighted by Gasteiger charge is -2.18. The summed E-state index contributed by atoms with van der Waals surface area (Å²) in [7, 11) is 0. The minimum absolute atomic E-state index is 0.821. The minimum Gasteiger partial charge on any atom is -0.232 e. The molecule has 0 bridgehead atoms. The molecule has 0 atom stereocenters. The molecule has 0 saturated heterocycles. The van der Waals surface area contributed by atoms with E-state index in [1.165, 1.54) is 32.7 Å². The number of benzene rings is 4. The third-order valence-electron chi connectivity index (χ3n) is 6.47. The molecule has 32 heavy (non-hydrogen) atoms. The second kappa shape index (κ2) is 7.72. The first-order valence-corrected chi connectivity index (χ1v) is 11.4. The van der Waals surface area contributed by atoms with Gasteiger partial charge in [-0.3, -0.25) is 0 Å². The van der Waals surface area contributed by atoms with Crippen LogP contribution in [-0.2, 0) is 12.8 Å². The van der Waals surface area contributed by atoms with Crippen molar-refractivity contribution in [1.29, 1.82) is 0 Å². The van der Waals surface area contributed by atoms with Crippen LogP contribution in [0.25, 0.3) is 50.3 Å². The maximum atomic E-state index is 5.20. The Balaban J connectivity index is 1.68. The van der Waals surface area contributed by atoms with Crippen LogP contribution in [0.5, 0.6) is 0 Å². The van der Waals surface area contributed by atoms with Gasteiger partial charge in [-0.15, -0.1) is 0 Å². The molecule has 2 heteroatoms. The van der Waals surface area contributed by atoms with Crippen LogP contribution in [-0.4, -0.2) is 9.97 Å². The first-order chi connectivity index (χ1) is 15.8. The van der Waals surface area contributed by atoms with Gasteiger partial charge in [-0.25, -0.2) is 9.97 Å². The van der Waals surface area contributed by atoms with Crippen LogP contribution >= 0.6 is 0 Å². The molecule has 6 rings (SSSR count). The van der Waals surface area contributed by atoms with Gasteiger partial charge < -0.3 is 0 Å². The molecule has 5 aromatic rings. The van der Waals surface area contributed by atoms with Gasteiger partial charge in [0.1, 0.15) is 0 Å². The molecule has 0 fully saturated rings. The maximum Gasteiger partial charge on any atom is 0.160 e. The third-order valence-corrected chi connectivity index (χ3v) is 6.47. The molecule has 0 aliphatic heterocycles. The lowest BCUT2D eigenvalue weighted by molar-refractivity contribution is 0.915. The summed E-state index contributed by atoms with van der Waals surface area (Å²) in [6.45, 7) is 2.18. The van der Waals surface area contributed by atoms with Gasteiger partial charge in [0.25, 0.3) is 0 Å². The number of hydrogen-bond acceptors (Lipinski definition) is 2. The van der Waals surface area contributed by atoms with Crippen molar-refractivity contribution in [1.82, 2.24) is 9.97 Å². The van der Waals surface area contributed by atoms with E-state index in [9.17, 15) is 0 Å². The lowest BCUT2D eigenvalue weighted by Crippen LogP contribution is -2.06. The molecule has 0 spiro atoms. The number of hydrogen-bond donors (Lipinski definition) is 0. The number of fused-ring (bicyclic) bond motifs is 4. The van der Waals surface area contributed by atoms with E-state index in [2.05, 4.69) is 97.9 Å². The highest BCUT2D eigenvalue weighted by atomic mass is 14.9. The molecule has 0 amide bonds. The number of aryl methyl sites for hydroxylation is 2. The number of aromatic nitrogens is 2. The Bertz CT molecular complexity index is 1510. The monoisotopic (exact) mass is 412 g/mol. The van der Waals surface area contributed by atoms with E-state index in [-0.39, 0.29) is 0 Å². The fourth-order valence-corrected chi connectivity index (χ4v) is 4.82. The topological polar surface area (TPSA) is 25.8 Å². The fraction of sp³-hybridized carbons (Fsp3) is 0.133. The quantitative estimate of drug-likeness (QED) is 0.285. The van der Waals surface area contributed by atoms with Gasteiger partial charge in [-0.05, 0) is 58.5 Å². The normalized spacial score (nSPS) is 12.9. The molecule has 0 radical (unpaired) electrons. The van der Waals surface area contributed by atoms with Crippen molar-refractivity contribution in [3.63, 3.8) is 0 Å². The van der Waals surface area contributed by atoms with E-state index in [0.717, 1.165) is 47.6 Å². The number of rotatable bonds is 3. The zero-order valence-electron chi connectivity index (χ0n) is 18.2. The van der Waals surface area contributed by atoms with Gasteiger partial charge >= 0.3 is 0 Å². The van der Waals surface area contributed by atoms with Crippen LogP contribution in [0.2, 0.25) is 0 Å². The Hall–Kier alpha value is -3.78. The van der Waals surface area contributed by atoms with Crippen molar-refractivity contribution in [2.45, 2.75) is 26.2 Å². The van der Waals surface area contributed by atoms with Crippen molar-refractivity contribution in [3.8, 4) is 22.6 Å². The molecule has 154 valence electrons. The molecule has 1 heterocycles. The van der Waals surface area contributed by atoms with Crippen LogP contribution in [0.4, 0.5) is 0 Å². The van der Waals surface area contributed by atoms with Crippen LogP contribution in [0, 0.1) is 0 Å². The summed E-state index contributed by atoms with van der Waals surface area (Å²) in [6.07, 6.45) is 7.44. The minimum atomic E-state index is 0.821. The maximum absolute atomic E-state index is 5.20. The van der Waals surface area contributed by atoms with Crippen molar-refractivity contribution < 1.29 is 0 Å². The van der Waals surface area contributed by atoms with E-state index >= 15 is 0 Å². The first kappa shape index (κ1) is 18.9. The van der Waals surface area contributed by atoms with Gasteiger partial charge in [0.2, 0.25) is 0 Å². The summed E-state index contributed by atoms with van der Waals surface area (Å²) in [5.74, 6) is 0.821. The van der Waals surface area contributed by atoms with Gasteiger partial charge in [0.15, 0.2) is 5.82 Å². The second-order valence-electron chi connectivity index (χ2n) is 8.44. The largest absolute Gasteiger partial charge is 0.232 e. The molecular weight excluding hydrogens is 388 g/mol. The Kier molecular flexibility index (Phi) is 4.57. The van der Waals surface area contributed by atoms with Gasteiger partial charge in [0.05, 0.1) is 11.4 Å². The summed E-state index contributed by atoms with van der Waals surface area (Å²) in [5.41, 5.74) is 6.91. The Morgan fingerprint density at radius 3 is 2.47 bits per heavy atom. The average Bonchev–Trinajstić information content (AvgIpc) is 2.87. The van der Waals surface area contributed by atoms with Crippen LogP contribution in [0.1, 0.15) is 30.2 Å². The zero-order chi connectivity index (χ0) is 21.5. The summed E-state index contributed by atoms with van der Waals surface area (Å²) >= 11 is 0. The van der Waals surface area contributed by atoms with Gasteiger partial charge in [0, 0.05) is 16.7 Å². The second-order valence-corrected chi connectivity index (χ2v) is 8.44. The lowest BCUT2D eigenvalue weighted by atomic mass is 9.91. The highest BCUT2D eigenvalue weighted by Gasteiger charge is 2.19. The summed E-state index contributed by atoms with van der Waals surface area (Å²) < 4.78 is 0. The van der Waals surface area contributed by atoms with Crippen molar-refractivity contribution in [2.75, 3.05) is 0 Å². The predicted molar refractivity (Wildman–Crippen MR) is 135 cm³/mol. The van der Waals surface area contributed by atoms with Crippen molar-refractivity contribution in [3.05, 3.63) is 102 Å². The van der Waals surface area contributed by atoms with Crippen LogP contribution in [0.3, 0.4) is 0 Å². The van der Waals surface area contributed by atoms with E-state index < -0.39 is 0 Å². The highest BCUT2D eigenvalue weighted by Crippen LogP contribution is 2.38. The van der Waals surface area contributed by atoms with E-state index in [4.69, 9.17) is 9.97 Å². The van der Waals surface area contributed by atoms with Crippen molar-refractivity contribution >= 4 is 27.6 Å². The smallest absolute Gasteiger partial charge is 0.160 e.